The predicted octanol–water partition coefficient (Wildman–Crippen LogP) is 2.99. The van der Waals surface area contributed by atoms with Crippen molar-refractivity contribution in [1.82, 2.24) is 20.4 Å². The SMILES string of the molecule is CCNC(=NCc1cnn(C)c1)NCCc1ccccc1Cl.I. The Morgan fingerprint density at radius 2 is 2.09 bits per heavy atom. The zero-order valence-corrected chi connectivity index (χ0v) is 16.5. The summed E-state index contributed by atoms with van der Waals surface area (Å²) in [5.41, 5.74) is 2.23. The lowest BCUT2D eigenvalue weighted by molar-refractivity contribution is 0.766. The Kier molecular flexibility index (Phi) is 9.01. The fourth-order valence-electron chi connectivity index (χ4n) is 2.08. The van der Waals surface area contributed by atoms with Gasteiger partial charge >= 0.3 is 0 Å². The van der Waals surface area contributed by atoms with Gasteiger partial charge in [0.2, 0.25) is 0 Å². The molecule has 2 aromatic rings. The number of rotatable bonds is 6. The third-order valence-corrected chi connectivity index (χ3v) is 3.54. The summed E-state index contributed by atoms with van der Waals surface area (Å²) in [5, 5.41) is 11.5. The minimum atomic E-state index is 0. The molecule has 7 heteroatoms. The molecular formula is C16H23ClIN5. The first-order chi connectivity index (χ1) is 10.7. The van der Waals surface area contributed by atoms with Gasteiger partial charge in [0.1, 0.15) is 0 Å². The molecule has 0 fully saturated rings. The van der Waals surface area contributed by atoms with Crippen molar-refractivity contribution in [2.45, 2.75) is 19.9 Å². The number of benzene rings is 1. The highest BCUT2D eigenvalue weighted by Crippen LogP contribution is 2.14. The largest absolute Gasteiger partial charge is 0.357 e. The van der Waals surface area contributed by atoms with Gasteiger partial charge in [0, 0.05) is 36.9 Å². The van der Waals surface area contributed by atoms with Crippen LogP contribution in [0.3, 0.4) is 0 Å². The summed E-state index contributed by atoms with van der Waals surface area (Å²) < 4.78 is 1.78. The molecule has 0 aliphatic heterocycles. The molecule has 0 unspecified atom stereocenters. The summed E-state index contributed by atoms with van der Waals surface area (Å²) in [6.45, 7) is 4.26. The molecule has 0 bridgehead atoms. The average molecular weight is 448 g/mol. The van der Waals surface area contributed by atoms with Crippen LogP contribution in [0.25, 0.3) is 0 Å². The molecule has 0 atom stereocenters. The van der Waals surface area contributed by atoms with E-state index in [4.69, 9.17) is 11.6 Å². The molecule has 0 radical (unpaired) electrons. The van der Waals surface area contributed by atoms with E-state index in [2.05, 4.69) is 27.6 Å². The maximum absolute atomic E-state index is 6.16. The zero-order valence-electron chi connectivity index (χ0n) is 13.4. The van der Waals surface area contributed by atoms with Crippen molar-refractivity contribution in [3.63, 3.8) is 0 Å². The van der Waals surface area contributed by atoms with Crippen molar-refractivity contribution in [2.24, 2.45) is 12.0 Å². The number of halogens is 2. The molecule has 0 aliphatic carbocycles. The number of aryl methyl sites for hydroxylation is 1. The van der Waals surface area contributed by atoms with Gasteiger partial charge in [0.15, 0.2) is 5.96 Å². The molecule has 5 nitrogen and oxygen atoms in total. The molecule has 0 spiro atoms. The van der Waals surface area contributed by atoms with Crippen molar-refractivity contribution in [2.75, 3.05) is 13.1 Å². The normalized spacial score (nSPS) is 11.0. The van der Waals surface area contributed by atoms with Crippen LogP contribution in [-0.2, 0) is 20.0 Å². The lowest BCUT2D eigenvalue weighted by atomic mass is 10.1. The molecule has 23 heavy (non-hydrogen) atoms. The van der Waals surface area contributed by atoms with Crippen LogP contribution in [-0.4, -0.2) is 28.8 Å². The molecule has 1 aromatic carbocycles. The highest BCUT2D eigenvalue weighted by molar-refractivity contribution is 14.0. The van der Waals surface area contributed by atoms with Gasteiger partial charge in [-0.05, 0) is 25.0 Å². The first kappa shape index (κ1) is 19.8. The van der Waals surface area contributed by atoms with Crippen LogP contribution in [0.1, 0.15) is 18.1 Å². The van der Waals surface area contributed by atoms with E-state index in [1.807, 2.05) is 43.7 Å². The van der Waals surface area contributed by atoms with E-state index in [9.17, 15) is 0 Å². The van der Waals surface area contributed by atoms with Crippen LogP contribution < -0.4 is 10.6 Å². The molecule has 0 saturated heterocycles. The van der Waals surface area contributed by atoms with Crippen LogP contribution >= 0.6 is 35.6 Å². The average Bonchev–Trinajstić information content (AvgIpc) is 2.92. The summed E-state index contributed by atoms with van der Waals surface area (Å²) in [5.74, 6) is 0.804. The Morgan fingerprint density at radius 3 is 2.74 bits per heavy atom. The fraction of sp³-hybridized carbons (Fsp3) is 0.375. The van der Waals surface area contributed by atoms with Crippen molar-refractivity contribution in [1.29, 1.82) is 0 Å². The van der Waals surface area contributed by atoms with Crippen LogP contribution in [0.5, 0.6) is 0 Å². The van der Waals surface area contributed by atoms with E-state index < -0.39 is 0 Å². The quantitative estimate of drug-likeness (QED) is 0.407. The van der Waals surface area contributed by atoms with Crippen molar-refractivity contribution >= 4 is 41.5 Å². The second-order valence-electron chi connectivity index (χ2n) is 4.99. The minimum absolute atomic E-state index is 0. The van der Waals surface area contributed by atoms with E-state index >= 15 is 0 Å². The number of hydrogen-bond donors (Lipinski definition) is 2. The Hall–Kier alpha value is -1.28. The number of nitrogens with zero attached hydrogens (tertiary/aromatic N) is 3. The molecule has 1 aromatic heterocycles. The third kappa shape index (κ3) is 6.78. The van der Waals surface area contributed by atoms with E-state index in [0.29, 0.717) is 6.54 Å². The van der Waals surface area contributed by atoms with Crippen LogP contribution in [0.15, 0.2) is 41.7 Å². The predicted molar refractivity (Wildman–Crippen MR) is 107 cm³/mol. The first-order valence-electron chi connectivity index (χ1n) is 7.42. The Labute approximate surface area is 159 Å². The second kappa shape index (κ2) is 10.5. The maximum atomic E-state index is 6.16. The van der Waals surface area contributed by atoms with E-state index in [-0.39, 0.29) is 24.0 Å². The van der Waals surface area contributed by atoms with Crippen molar-refractivity contribution < 1.29 is 0 Å². The molecule has 0 saturated carbocycles. The maximum Gasteiger partial charge on any atom is 0.191 e. The Morgan fingerprint density at radius 1 is 1.30 bits per heavy atom. The summed E-state index contributed by atoms with van der Waals surface area (Å²) in [7, 11) is 1.90. The third-order valence-electron chi connectivity index (χ3n) is 3.17. The summed E-state index contributed by atoms with van der Waals surface area (Å²) in [6, 6.07) is 7.91. The number of hydrogen-bond acceptors (Lipinski definition) is 2. The number of nitrogens with one attached hydrogen (secondary N) is 2. The van der Waals surface area contributed by atoms with Gasteiger partial charge in [-0.25, -0.2) is 4.99 Å². The first-order valence-corrected chi connectivity index (χ1v) is 7.80. The summed E-state index contributed by atoms with van der Waals surface area (Å²) in [4.78, 5) is 4.56. The fourth-order valence-corrected chi connectivity index (χ4v) is 2.31. The second-order valence-corrected chi connectivity index (χ2v) is 5.39. The van der Waals surface area contributed by atoms with Gasteiger partial charge in [-0.15, -0.1) is 24.0 Å². The van der Waals surface area contributed by atoms with Crippen LogP contribution in [0.4, 0.5) is 0 Å². The van der Waals surface area contributed by atoms with Crippen molar-refractivity contribution in [3.05, 3.63) is 52.8 Å². The molecule has 2 rings (SSSR count). The number of aliphatic imine (C=N–C) groups is 1. The van der Waals surface area contributed by atoms with Gasteiger partial charge in [0.05, 0.1) is 12.7 Å². The van der Waals surface area contributed by atoms with E-state index in [1.165, 1.54) is 0 Å². The van der Waals surface area contributed by atoms with Crippen LogP contribution in [0, 0.1) is 0 Å². The minimum Gasteiger partial charge on any atom is -0.357 e. The Balaban J connectivity index is 0.00000264. The number of guanidine groups is 1. The highest BCUT2D eigenvalue weighted by atomic mass is 127. The Bertz CT molecular complexity index is 626. The zero-order chi connectivity index (χ0) is 15.8. The van der Waals surface area contributed by atoms with Crippen LogP contribution in [0.2, 0.25) is 5.02 Å². The summed E-state index contributed by atoms with van der Waals surface area (Å²) >= 11 is 6.16. The highest BCUT2D eigenvalue weighted by Gasteiger charge is 2.01. The van der Waals surface area contributed by atoms with Gasteiger partial charge in [-0.3, -0.25) is 4.68 Å². The van der Waals surface area contributed by atoms with Gasteiger partial charge in [-0.2, -0.15) is 5.10 Å². The molecule has 1 heterocycles. The molecule has 0 amide bonds. The van der Waals surface area contributed by atoms with Gasteiger partial charge < -0.3 is 10.6 Å². The van der Waals surface area contributed by atoms with Gasteiger partial charge in [0.25, 0.3) is 0 Å². The molecule has 0 aliphatic rings. The molecule has 126 valence electrons. The monoisotopic (exact) mass is 447 g/mol. The number of aromatic nitrogens is 2. The smallest absolute Gasteiger partial charge is 0.191 e. The lowest BCUT2D eigenvalue weighted by Gasteiger charge is -2.11. The van der Waals surface area contributed by atoms with Crippen molar-refractivity contribution in [3.8, 4) is 0 Å². The standard InChI is InChI=1S/C16H22ClN5.HI/c1-3-18-16(20-10-13-11-21-22(2)12-13)19-9-8-14-6-4-5-7-15(14)17;/h4-7,11-12H,3,8-10H2,1-2H3,(H2,18,19,20);1H. The van der Waals surface area contributed by atoms with E-state index in [1.54, 1.807) is 4.68 Å². The summed E-state index contributed by atoms with van der Waals surface area (Å²) in [6.07, 6.45) is 4.66. The van der Waals surface area contributed by atoms with Gasteiger partial charge in [-0.1, -0.05) is 29.8 Å². The molecule has 2 N–H and O–H groups in total. The van der Waals surface area contributed by atoms with E-state index in [0.717, 1.165) is 41.6 Å². The lowest BCUT2D eigenvalue weighted by Crippen LogP contribution is -2.38. The molecular weight excluding hydrogens is 425 g/mol. The topological polar surface area (TPSA) is 54.2 Å².